The first kappa shape index (κ1) is 15.6. The Hall–Kier alpha value is -0.460. The summed E-state index contributed by atoms with van der Waals surface area (Å²) >= 11 is 1.71. The fourth-order valence-corrected chi connectivity index (χ4v) is 2.71. The first-order valence-electron chi connectivity index (χ1n) is 6.27. The third kappa shape index (κ3) is 5.04. The quantitative estimate of drug-likeness (QED) is 0.659. The molecule has 0 aliphatic rings. The van der Waals surface area contributed by atoms with Crippen molar-refractivity contribution in [2.45, 2.75) is 12.5 Å². The van der Waals surface area contributed by atoms with E-state index < -0.39 is 0 Å². The van der Waals surface area contributed by atoms with Gasteiger partial charge in [-0.3, -0.25) is 4.90 Å². The monoisotopic (exact) mass is 272 g/mol. The molecule has 1 atom stereocenters. The highest BCUT2D eigenvalue weighted by Gasteiger charge is 2.18. The molecule has 4 nitrogen and oxygen atoms in total. The summed E-state index contributed by atoms with van der Waals surface area (Å²) in [5.74, 6) is 0. The van der Waals surface area contributed by atoms with E-state index in [2.05, 4.69) is 21.7 Å². The minimum Gasteiger partial charge on any atom is -0.385 e. The summed E-state index contributed by atoms with van der Waals surface area (Å²) in [6.45, 7) is 4.03. The van der Waals surface area contributed by atoms with E-state index in [-0.39, 0.29) is 6.04 Å². The summed E-state index contributed by atoms with van der Waals surface area (Å²) in [4.78, 5) is 2.38. The van der Waals surface area contributed by atoms with Gasteiger partial charge in [0.25, 0.3) is 0 Å². The summed E-state index contributed by atoms with van der Waals surface area (Å²) < 4.78 is 10.3. The van der Waals surface area contributed by atoms with Crippen LogP contribution in [-0.4, -0.2) is 52.0 Å². The highest BCUT2D eigenvalue weighted by Crippen LogP contribution is 2.22. The van der Waals surface area contributed by atoms with Crippen molar-refractivity contribution in [3.63, 3.8) is 0 Å². The van der Waals surface area contributed by atoms with Gasteiger partial charge in [0.1, 0.15) is 0 Å². The Balaban J connectivity index is 2.59. The van der Waals surface area contributed by atoms with Gasteiger partial charge in [-0.1, -0.05) is 0 Å². The maximum Gasteiger partial charge on any atom is 0.0589 e. The predicted octanol–water partition coefficient (Wildman–Crippen LogP) is 1.73. The van der Waals surface area contributed by atoms with E-state index >= 15 is 0 Å². The molecule has 104 valence electrons. The fraction of sp³-hybridized carbons (Fsp3) is 0.692. The molecule has 1 aromatic rings. The van der Waals surface area contributed by atoms with Gasteiger partial charge in [-0.05, 0) is 28.8 Å². The second-order valence-corrected chi connectivity index (χ2v) is 4.96. The van der Waals surface area contributed by atoms with Crippen LogP contribution >= 0.6 is 11.3 Å². The van der Waals surface area contributed by atoms with Crippen molar-refractivity contribution in [1.82, 2.24) is 4.90 Å². The summed E-state index contributed by atoms with van der Waals surface area (Å²) in [6.07, 6.45) is 1.01. The van der Waals surface area contributed by atoms with E-state index in [1.165, 1.54) is 5.56 Å². The first-order chi connectivity index (χ1) is 8.83. The van der Waals surface area contributed by atoms with Crippen molar-refractivity contribution < 1.29 is 9.47 Å². The number of thiophene rings is 1. The highest BCUT2D eigenvalue weighted by atomic mass is 32.1. The number of methoxy groups -OCH3 is 2. The Labute approximate surface area is 114 Å². The Morgan fingerprint density at radius 2 is 2.06 bits per heavy atom. The lowest BCUT2D eigenvalue weighted by atomic mass is 10.1. The van der Waals surface area contributed by atoms with Gasteiger partial charge in [0, 0.05) is 46.5 Å². The van der Waals surface area contributed by atoms with Crippen LogP contribution in [0.5, 0.6) is 0 Å². The molecule has 0 aliphatic heterocycles. The lowest BCUT2D eigenvalue weighted by Gasteiger charge is -2.30. The van der Waals surface area contributed by atoms with Crippen LogP contribution in [0, 0.1) is 0 Å². The Morgan fingerprint density at radius 3 is 2.61 bits per heavy atom. The normalized spacial score (nSPS) is 13.1. The molecule has 0 aliphatic carbocycles. The van der Waals surface area contributed by atoms with Crippen LogP contribution in [0.3, 0.4) is 0 Å². The summed E-state index contributed by atoms with van der Waals surface area (Å²) in [5.41, 5.74) is 7.23. The molecule has 1 rings (SSSR count). The molecule has 0 spiro atoms. The summed E-state index contributed by atoms with van der Waals surface area (Å²) in [7, 11) is 3.47. The third-order valence-electron chi connectivity index (χ3n) is 2.97. The predicted molar refractivity (Wildman–Crippen MR) is 76.1 cm³/mol. The smallest absolute Gasteiger partial charge is 0.0589 e. The fourth-order valence-electron chi connectivity index (χ4n) is 2.00. The number of nitrogens with zero attached hydrogens (tertiary/aromatic N) is 1. The number of hydrogen-bond donors (Lipinski definition) is 1. The van der Waals surface area contributed by atoms with E-state index in [0.717, 1.165) is 32.7 Å². The molecular formula is C13H24N2O2S. The SMILES string of the molecule is COCCCN(CCOC)C(CN)c1ccsc1. The third-order valence-corrected chi connectivity index (χ3v) is 3.67. The van der Waals surface area contributed by atoms with Gasteiger partial charge in [0.2, 0.25) is 0 Å². The molecule has 1 heterocycles. The van der Waals surface area contributed by atoms with E-state index in [0.29, 0.717) is 6.54 Å². The highest BCUT2D eigenvalue weighted by molar-refractivity contribution is 7.07. The largest absolute Gasteiger partial charge is 0.385 e. The van der Waals surface area contributed by atoms with Crippen LogP contribution in [0.25, 0.3) is 0 Å². The topological polar surface area (TPSA) is 47.7 Å². The second kappa shape index (κ2) is 9.47. The van der Waals surface area contributed by atoms with Gasteiger partial charge >= 0.3 is 0 Å². The maximum absolute atomic E-state index is 5.93. The molecule has 5 heteroatoms. The standard InChI is InChI=1S/C13H24N2O2S/c1-16-7-3-5-15(6-8-17-2)13(10-14)12-4-9-18-11-12/h4,9,11,13H,3,5-8,10,14H2,1-2H3. The lowest BCUT2D eigenvalue weighted by molar-refractivity contribution is 0.108. The van der Waals surface area contributed by atoms with Gasteiger partial charge in [0.15, 0.2) is 0 Å². The summed E-state index contributed by atoms with van der Waals surface area (Å²) in [6, 6.07) is 2.43. The zero-order chi connectivity index (χ0) is 13.2. The average molecular weight is 272 g/mol. The molecule has 0 aromatic carbocycles. The van der Waals surface area contributed by atoms with Crippen molar-refractivity contribution in [2.24, 2.45) is 5.73 Å². The molecule has 1 aromatic heterocycles. The van der Waals surface area contributed by atoms with Gasteiger partial charge < -0.3 is 15.2 Å². The average Bonchev–Trinajstić information content (AvgIpc) is 2.90. The van der Waals surface area contributed by atoms with E-state index in [4.69, 9.17) is 15.2 Å². The van der Waals surface area contributed by atoms with E-state index in [1.54, 1.807) is 25.6 Å². The van der Waals surface area contributed by atoms with E-state index in [1.807, 2.05) is 0 Å². The van der Waals surface area contributed by atoms with Crippen LogP contribution in [0.2, 0.25) is 0 Å². The molecule has 0 radical (unpaired) electrons. The molecule has 18 heavy (non-hydrogen) atoms. The zero-order valence-corrected chi connectivity index (χ0v) is 12.1. The van der Waals surface area contributed by atoms with Crippen molar-refractivity contribution in [3.05, 3.63) is 22.4 Å². The molecule has 0 saturated heterocycles. The molecule has 0 saturated carbocycles. The van der Waals surface area contributed by atoms with Gasteiger partial charge in [0.05, 0.1) is 6.61 Å². The Kier molecular flexibility index (Phi) is 8.20. The molecule has 0 fully saturated rings. The van der Waals surface area contributed by atoms with Crippen molar-refractivity contribution in [1.29, 1.82) is 0 Å². The van der Waals surface area contributed by atoms with Crippen LogP contribution in [0.15, 0.2) is 16.8 Å². The number of nitrogens with two attached hydrogens (primary N) is 1. The number of rotatable bonds is 10. The van der Waals surface area contributed by atoms with Crippen LogP contribution < -0.4 is 5.73 Å². The second-order valence-electron chi connectivity index (χ2n) is 4.18. The van der Waals surface area contributed by atoms with Gasteiger partial charge in [-0.25, -0.2) is 0 Å². The van der Waals surface area contributed by atoms with Crippen molar-refractivity contribution in [2.75, 3.05) is 47.1 Å². The minimum absolute atomic E-state index is 0.281. The van der Waals surface area contributed by atoms with Gasteiger partial charge in [-0.15, -0.1) is 0 Å². The summed E-state index contributed by atoms with van der Waals surface area (Å²) in [5, 5.41) is 4.27. The molecule has 0 bridgehead atoms. The minimum atomic E-state index is 0.281. The Morgan fingerprint density at radius 1 is 1.28 bits per heavy atom. The van der Waals surface area contributed by atoms with Crippen LogP contribution in [-0.2, 0) is 9.47 Å². The Bertz CT molecular complexity index is 293. The van der Waals surface area contributed by atoms with E-state index in [9.17, 15) is 0 Å². The molecule has 2 N–H and O–H groups in total. The maximum atomic E-state index is 5.93. The molecular weight excluding hydrogens is 248 g/mol. The van der Waals surface area contributed by atoms with Gasteiger partial charge in [-0.2, -0.15) is 11.3 Å². The van der Waals surface area contributed by atoms with Crippen LogP contribution in [0.4, 0.5) is 0 Å². The number of ether oxygens (including phenoxy) is 2. The number of hydrogen-bond acceptors (Lipinski definition) is 5. The lowest BCUT2D eigenvalue weighted by Crippen LogP contribution is -2.37. The zero-order valence-electron chi connectivity index (χ0n) is 11.3. The first-order valence-corrected chi connectivity index (χ1v) is 7.21. The van der Waals surface area contributed by atoms with Crippen LogP contribution in [0.1, 0.15) is 18.0 Å². The molecule has 0 amide bonds. The molecule has 1 unspecified atom stereocenters. The van der Waals surface area contributed by atoms with Crippen molar-refractivity contribution in [3.8, 4) is 0 Å². The van der Waals surface area contributed by atoms with Crippen molar-refractivity contribution >= 4 is 11.3 Å².